The topological polar surface area (TPSA) is 58.6 Å². The van der Waals surface area contributed by atoms with Crippen LogP contribution >= 0.6 is 0 Å². The summed E-state index contributed by atoms with van der Waals surface area (Å²) in [6.07, 6.45) is 0.695. The molecule has 0 fully saturated rings. The van der Waals surface area contributed by atoms with Crippen molar-refractivity contribution in [3.63, 3.8) is 0 Å². The molecular formula is C13H17NO3. The van der Waals surface area contributed by atoms with Crippen LogP contribution in [-0.2, 0) is 11.2 Å². The van der Waals surface area contributed by atoms with Crippen molar-refractivity contribution in [2.24, 2.45) is 5.92 Å². The second-order valence-electron chi connectivity index (χ2n) is 4.41. The van der Waals surface area contributed by atoms with E-state index >= 15 is 0 Å². The predicted molar refractivity (Wildman–Crippen MR) is 63.8 cm³/mol. The van der Waals surface area contributed by atoms with Crippen molar-refractivity contribution in [2.45, 2.75) is 19.4 Å². The fourth-order valence-electron chi connectivity index (χ4n) is 1.90. The standard InChI is InChI=1S/C13H17NO3/c1-9(7-15)14-13(16)11-6-10-4-2-3-5-12(10)17-8-11/h2-5,9,11,15H,6-8H2,1H3,(H,14,16)/t9-,11?/m1/s1. The van der Waals surface area contributed by atoms with Crippen molar-refractivity contribution in [3.8, 4) is 5.75 Å². The van der Waals surface area contributed by atoms with Crippen LogP contribution in [0.15, 0.2) is 24.3 Å². The van der Waals surface area contributed by atoms with Crippen LogP contribution in [0.25, 0.3) is 0 Å². The molecule has 1 amide bonds. The Labute approximate surface area is 101 Å². The highest BCUT2D eigenvalue weighted by atomic mass is 16.5. The third-order valence-corrected chi connectivity index (χ3v) is 2.91. The lowest BCUT2D eigenvalue weighted by Crippen LogP contribution is -2.42. The van der Waals surface area contributed by atoms with Crippen LogP contribution in [0.4, 0.5) is 0 Å². The van der Waals surface area contributed by atoms with Gasteiger partial charge in [0.15, 0.2) is 0 Å². The van der Waals surface area contributed by atoms with E-state index in [4.69, 9.17) is 9.84 Å². The van der Waals surface area contributed by atoms with E-state index in [1.165, 1.54) is 0 Å². The molecule has 1 aliphatic heterocycles. The van der Waals surface area contributed by atoms with Crippen LogP contribution in [0.5, 0.6) is 5.75 Å². The Morgan fingerprint density at radius 1 is 1.59 bits per heavy atom. The number of rotatable bonds is 3. The van der Waals surface area contributed by atoms with E-state index < -0.39 is 0 Å². The Balaban J connectivity index is 2.00. The fraction of sp³-hybridized carbons (Fsp3) is 0.462. The quantitative estimate of drug-likeness (QED) is 0.812. The van der Waals surface area contributed by atoms with Crippen LogP contribution < -0.4 is 10.1 Å². The first-order valence-corrected chi connectivity index (χ1v) is 5.82. The molecule has 1 aliphatic rings. The van der Waals surface area contributed by atoms with Crippen LogP contribution in [-0.4, -0.2) is 30.3 Å². The molecule has 1 unspecified atom stereocenters. The lowest BCUT2D eigenvalue weighted by molar-refractivity contribution is -0.127. The van der Waals surface area contributed by atoms with Gasteiger partial charge in [-0.25, -0.2) is 0 Å². The Kier molecular flexibility index (Phi) is 3.64. The van der Waals surface area contributed by atoms with E-state index in [9.17, 15) is 4.79 Å². The number of fused-ring (bicyclic) bond motifs is 1. The maximum Gasteiger partial charge on any atom is 0.227 e. The summed E-state index contributed by atoms with van der Waals surface area (Å²) in [6.45, 7) is 2.13. The summed E-state index contributed by atoms with van der Waals surface area (Å²) in [5.41, 5.74) is 1.07. The molecule has 17 heavy (non-hydrogen) atoms. The molecule has 0 aromatic heterocycles. The fourth-order valence-corrected chi connectivity index (χ4v) is 1.90. The largest absolute Gasteiger partial charge is 0.492 e. The number of carbonyl (C=O) groups is 1. The van der Waals surface area contributed by atoms with Crippen molar-refractivity contribution in [2.75, 3.05) is 13.2 Å². The van der Waals surface area contributed by atoms with Gasteiger partial charge in [-0.05, 0) is 25.0 Å². The lowest BCUT2D eigenvalue weighted by Gasteiger charge is -2.25. The molecule has 1 aromatic carbocycles. The van der Waals surface area contributed by atoms with E-state index in [-0.39, 0.29) is 24.5 Å². The Bertz CT molecular complexity index is 405. The third-order valence-electron chi connectivity index (χ3n) is 2.91. The first kappa shape index (κ1) is 11.9. The third kappa shape index (κ3) is 2.77. The highest BCUT2D eigenvalue weighted by molar-refractivity contribution is 5.79. The van der Waals surface area contributed by atoms with Gasteiger partial charge in [0.2, 0.25) is 5.91 Å². The maximum atomic E-state index is 11.9. The molecule has 0 saturated heterocycles. The van der Waals surface area contributed by atoms with Gasteiger partial charge in [0.1, 0.15) is 12.4 Å². The first-order valence-electron chi connectivity index (χ1n) is 5.82. The van der Waals surface area contributed by atoms with Gasteiger partial charge in [-0.3, -0.25) is 4.79 Å². The predicted octanol–water partition coefficient (Wildman–Crippen LogP) is 0.735. The summed E-state index contributed by atoms with van der Waals surface area (Å²) in [4.78, 5) is 11.9. The first-order chi connectivity index (χ1) is 8.20. The summed E-state index contributed by atoms with van der Waals surface area (Å²) in [5.74, 6) is 0.645. The molecule has 4 nitrogen and oxygen atoms in total. The normalized spacial score (nSPS) is 20.0. The second kappa shape index (κ2) is 5.19. The number of aliphatic hydroxyl groups excluding tert-OH is 1. The van der Waals surface area contributed by atoms with E-state index in [0.717, 1.165) is 11.3 Å². The van der Waals surface area contributed by atoms with Crippen LogP contribution in [0.3, 0.4) is 0 Å². The monoisotopic (exact) mass is 235 g/mol. The smallest absolute Gasteiger partial charge is 0.227 e. The van der Waals surface area contributed by atoms with Crippen molar-refractivity contribution in [1.29, 1.82) is 0 Å². The zero-order chi connectivity index (χ0) is 12.3. The summed E-state index contributed by atoms with van der Waals surface area (Å²) in [6, 6.07) is 7.55. The Hall–Kier alpha value is -1.55. The van der Waals surface area contributed by atoms with Gasteiger partial charge in [0.25, 0.3) is 0 Å². The molecular weight excluding hydrogens is 218 g/mol. The minimum absolute atomic E-state index is 0.0457. The summed E-state index contributed by atoms with van der Waals surface area (Å²) >= 11 is 0. The van der Waals surface area contributed by atoms with Crippen LogP contribution in [0.1, 0.15) is 12.5 Å². The molecule has 0 bridgehead atoms. The number of para-hydroxylation sites is 1. The minimum atomic E-state index is -0.209. The summed E-state index contributed by atoms with van der Waals surface area (Å²) < 4.78 is 5.55. The molecule has 0 saturated carbocycles. The van der Waals surface area contributed by atoms with Gasteiger partial charge in [-0.2, -0.15) is 0 Å². The zero-order valence-corrected chi connectivity index (χ0v) is 9.85. The van der Waals surface area contributed by atoms with E-state index in [0.29, 0.717) is 13.0 Å². The highest BCUT2D eigenvalue weighted by Gasteiger charge is 2.26. The van der Waals surface area contributed by atoms with Crippen LogP contribution in [0, 0.1) is 5.92 Å². The maximum absolute atomic E-state index is 11.9. The minimum Gasteiger partial charge on any atom is -0.492 e. The number of nitrogens with one attached hydrogen (secondary N) is 1. The zero-order valence-electron chi connectivity index (χ0n) is 9.85. The average Bonchev–Trinajstić information content (AvgIpc) is 2.38. The number of benzene rings is 1. The van der Waals surface area contributed by atoms with Crippen molar-refractivity contribution < 1.29 is 14.6 Å². The van der Waals surface area contributed by atoms with Gasteiger partial charge in [0.05, 0.1) is 12.5 Å². The lowest BCUT2D eigenvalue weighted by atomic mass is 9.96. The molecule has 4 heteroatoms. The second-order valence-corrected chi connectivity index (χ2v) is 4.41. The molecule has 1 heterocycles. The molecule has 0 aliphatic carbocycles. The highest BCUT2D eigenvalue weighted by Crippen LogP contribution is 2.26. The molecule has 2 N–H and O–H groups in total. The van der Waals surface area contributed by atoms with E-state index in [1.54, 1.807) is 6.92 Å². The van der Waals surface area contributed by atoms with Gasteiger partial charge in [0, 0.05) is 6.04 Å². The number of hydrogen-bond donors (Lipinski definition) is 2. The Morgan fingerprint density at radius 2 is 2.35 bits per heavy atom. The molecule has 0 radical (unpaired) electrons. The molecule has 2 atom stereocenters. The van der Waals surface area contributed by atoms with Gasteiger partial charge < -0.3 is 15.2 Å². The van der Waals surface area contributed by atoms with Gasteiger partial charge in [-0.15, -0.1) is 0 Å². The number of carbonyl (C=O) groups excluding carboxylic acids is 1. The van der Waals surface area contributed by atoms with E-state index in [2.05, 4.69) is 5.32 Å². The van der Waals surface area contributed by atoms with Crippen LogP contribution in [0.2, 0.25) is 0 Å². The van der Waals surface area contributed by atoms with Crippen molar-refractivity contribution in [3.05, 3.63) is 29.8 Å². The van der Waals surface area contributed by atoms with Gasteiger partial charge in [-0.1, -0.05) is 18.2 Å². The number of aliphatic hydroxyl groups is 1. The summed E-state index contributed by atoms with van der Waals surface area (Å²) in [5, 5.41) is 11.7. The molecule has 2 rings (SSSR count). The number of ether oxygens (including phenoxy) is 1. The Morgan fingerprint density at radius 3 is 3.12 bits per heavy atom. The van der Waals surface area contributed by atoms with Gasteiger partial charge >= 0.3 is 0 Å². The SMILES string of the molecule is C[C@H](CO)NC(=O)C1COc2ccccc2C1. The molecule has 0 spiro atoms. The summed E-state index contributed by atoms with van der Waals surface area (Å²) in [7, 11) is 0. The van der Waals surface area contributed by atoms with E-state index in [1.807, 2.05) is 24.3 Å². The molecule has 92 valence electrons. The number of hydrogen-bond acceptors (Lipinski definition) is 3. The average molecular weight is 235 g/mol. The van der Waals surface area contributed by atoms with Crippen molar-refractivity contribution in [1.82, 2.24) is 5.32 Å². The van der Waals surface area contributed by atoms with Crippen molar-refractivity contribution >= 4 is 5.91 Å². The number of amides is 1. The molecule has 1 aromatic rings.